The van der Waals surface area contributed by atoms with Crippen LogP contribution in [0, 0.1) is 0 Å². The molecule has 0 saturated carbocycles. The minimum absolute atomic E-state index is 0.248. The summed E-state index contributed by atoms with van der Waals surface area (Å²) in [4.78, 5) is 0. The summed E-state index contributed by atoms with van der Waals surface area (Å²) in [5.41, 5.74) is 11.9. The van der Waals surface area contributed by atoms with Crippen LogP contribution in [0.4, 0.5) is 0 Å². The quantitative estimate of drug-likeness (QED) is 0.134. The van der Waals surface area contributed by atoms with Gasteiger partial charge in [-0.25, -0.2) is 0 Å². The lowest BCUT2D eigenvalue weighted by molar-refractivity contribution is 0.208. The molecule has 0 saturated heterocycles. The van der Waals surface area contributed by atoms with E-state index in [0.29, 0.717) is 13.2 Å². The second kappa shape index (κ2) is 14.0. The average molecular weight is 678 g/mol. The Balaban J connectivity index is 1.71. The standard InChI is InChI=1S/C42H42Cl2O2Si/c1-7-45-47(46-8-2,41-35-15-11-9-13-33(29-17-21-31(43)22-18-29)39(35)25-37(41)27(3)4)42-36-16-12-10-14-34(30-19-23-32(44)24-20-30)40(36)26-38(42)28(5)6/h9-28H,7-8H2,1-6H3. The first-order chi connectivity index (χ1) is 22.7. The molecule has 0 bridgehead atoms. The molecule has 4 aliphatic rings. The van der Waals surface area contributed by atoms with Crippen LogP contribution in [0.25, 0.3) is 44.5 Å². The number of rotatable bonds is 10. The fraction of sp³-hybridized carbons (Fsp3) is 0.238. The highest BCUT2D eigenvalue weighted by atomic mass is 35.5. The van der Waals surface area contributed by atoms with E-state index in [-0.39, 0.29) is 11.8 Å². The van der Waals surface area contributed by atoms with Gasteiger partial charge in [0.05, 0.1) is 0 Å². The van der Waals surface area contributed by atoms with Crippen molar-refractivity contribution in [1.29, 1.82) is 0 Å². The third-order valence-electron chi connectivity index (χ3n) is 9.06. The number of hydrogen-bond donors (Lipinski definition) is 0. The number of halogens is 2. The van der Waals surface area contributed by atoms with E-state index in [4.69, 9.17) is 32.1 Å². The molecule has 240 valence electrons. The molecule has 0 radical (unpaired) electrons. The van der Waals surface area contributed by atoms with Crippen LogP contribution in [-0.4, -0.2) is 21.8 Å². The van der Waals surface area contributed by atoms with E-state index in [0.717, 1.165) is 21.2 Å². The third-order valence-corrected chi connectivity index (χ3v) is 13.4. The fourth-order valence-electron chi connectivity index (χ4n) is 7.04. The lowest BCUT2D eigenvalue weighted by Crippen LogP contribution is -2.65. The second-order valence-electron chi connectivity index (χ2n) is 12.7. The summed E-state index contributed by atoms with van der Waals surface area (Å²) in [7, 11) is -3.37. The van der Waals surface area contributed by atoms with Crippen LogP contribution in [0.2, 0.25) is 10.0 Å². The van der Waals surface area contributed by atoms with Crippen molar-refractivity contribution in [3.05, 3.63) is 130 Å². The molecule has 0 atom stereocenters. The molecule has 2 nitrogen and oxygen atoms in total. The Kier molecular flexibility index (Phi) is 9.94. The maximum absolute atomic E-state index is 7.22. The molecular formula is C42H42Cl2O2Si. The topological polar surface area (TPSA) is 18.5 Å². The van der Waals surface area contributed by atoms with Gasteiger partial charge in [0.2, 0.25) is 0 Å². The molecule has 6 rings (SSSR count). The molecule has 0 aromatic heterocycles. The molecular weight excluding hydrogens is 635 g/mol. The minimum atomic E-state index is -3.37. The first-order valence-electron chi connectivity index (χ1n) is 16.6. The number of fused-ring (bicyclic) bond motifs is 2. The van der Waals surface area contributed by atoms with Gasteiger partial charge in [0.25, 0.3) is 0 Å². The maximum Gasteiger partial charge on any atom is 0.408 e. The van der Waals surface area contributed by atoms with Crippen LogP contribution < -0.4 is 10.4 Å². The van der Waals surface area contributed by atoms with Crippen molar-refractivity contribution < 1.29 is 8.85 Å². The van der Waals surface area contributed by atoms with Gasteiger partial charge in [-0.1, -0.05) is 136 Å². The first kappa shape index (κ1) is 33.5. The Hall–Kier alpha value is -3.44. The molecule has 0 unspecified atom stereocenters. The van der Waals surface area contributed by atoms with Crippen molar-refractivity contribution >= 4 is 42.1 Å². The lowest BCUT2D eigenvalue weighted by Gasteiger charge is -2.34. The largest absolute Gasteiger partial charge is 0.408 e. The van der Waals surface area contributed by atoms with Gasteiger partial charge in [-0.05, 0) is 106 Å². The smallest absolute Gasteiger partial charge is 0.388 e. The molecule has 0 N–H and O–H groups in total. The summed E-state index contributed by atoms with van der Waals surface area (Å²) in [6.07, 6.45) is 0. The summed E-state index contributed by atoms with van der Waals surface area (Å²) >= 11 is 12.6. The highest BCUT2D eigenvalue weighted by molar-refractivity contribution is 6.95. The predicted octanol–water partition coefficient (Wildman–Crippen LogP) is 11.4. The van der Waals surface area contributed by atoms with E-state index in [2.05, 4.69) is 126 Å². The Bertz CT molecular complexity index is 1790. The third kappa shape index (κ3) is 6.17. The van der Waals surface area contributed by atoms with Crippen molar-refractivity contribution in [1.82, 2.24) is 0 Å². The Morgan fingerprint density at radius 1 is 0.489 bits per heavy atom. The van der Waals surface area contributed by atoms with Crippen molar-refractivity contribution in [2.45, 2.75) is 53.4 Å². The zero-order valence-electron chi connectivity index (χ0n) is 28.0. The van der Waals surface area contributed by atoms with E-state index < -0.39 is 8.56 Å². The molecule has 0 aliphatic heterocycles. The molecule has 0 fully saturated rings. The van der Waals surface area contributed by atoms with Crippen LogP contribution >= 0.6 is 23.2 Å². The summed E-state index contributed by atoms with van der Waals surface area (Å²) in [6, 6.07) is 38.5. The van der Waals surface area contributed by atoms with Gasteiger partial charge in [-0.3, -0.25) is 0 Å². The van der Waals surface area contributed by atoms with Crippen LogP contribution in [0.15, 0.2) is 109 Å². The number of hydrogen-bond acceptors (Lipinski definition) is 2. The minimum Gasteiger partial charge on any atom is -0.388 e. The number of benzene rings is 2. The summed E-state index contributed by atoms with van der Waals surface area (Å²) in [5.74, 6) is 0.496. The molecule has 0 spiro atoms. The lowest BCUT2D eigenvalue weighted by atomic mass is 10.00. The van der Waals surface area contributed by atoms with Gasteiger partial charge in [0, 0.05) is 33.6 Å². The first-order valence-corrected chi connectivity index (χ1v) is 19.2. The Morgan fingerprint density at radius 3 is 1.15 bits per heavy atom. The van der Waals surface area contributed by atoms with E-state index in [1.54, 1.807) is 0 Å². The van der Waals surface area contributed by atoms with Crippen molar-refractivity contribution in [2.75, 3.05) is 13.2 Å². The van der Waals surface area contributed by atoms with Gasteiger partial charge in [-0.15, -0.1) is 0 Å². The highest BCUT2D eigenvalue weighted by Crippen LogP contribution is 2.42. The zero-order chi connectivity index (χ0) is 33.3. The Labute approximate surface area is 291 Å². The van der Waals surface area contributed by atoms with Gasteiger partial charge in [-0.2, -0.15) is 0 Å². The normalized spacial score (nSPS) is 12.1. The van der Waals surface area contributed by atoms with E-state index in [1.807, 2.05) is 24.3 Å². The van der Waals surface area contributed by atoms with E-state index >= 15 is 0 Å². The second-order valence-corrected chi connectivity index (χ2v) is 16.4. The molecule has 0 heterocycles. The van der Waals surface area contributed by atoms with Crippen LogP contribution in [0.5, 0.6) is 0 Å². The van der Waals surface area contributed by atoms with E-state index in [9.17, 15) is 0 Å². The summed E-state index contributed by atoms with van der Waals surface area (Å²) in [5, 5.41) is 3.88. The van der Waals surface area contributed by atoms with E-state index in [1.165, 1.54) is 54.9 Å². The van der Waals surface area contributed by atoms with Crippen molar-refractivity contribution in [3.8, 4) is 44.5 Å². The average Bonchev–Trinajstić information content (AvgIpc) is 3.47. The van der Waals surface area contributed by atoms with Crippen LogP contribution in [-0.2, 0) is 8.85 Å². The molecule has 0 amide bonds. The van der Waals surface area contributed by atoms with Gasteiger partial charge >= 0.3 is 8.56 Å². The molecule has 4 aliphatic carbocycles. The predicted molar refractivity (Wildman–Crippen MR) is 203 cm³/mol. The monoisotopic (exact) mass is 676 g/mol. The van der Waals surface area contributed by atoms with Crippen molar-refractivity contribution in [3.63, 3.8) is 0 Å². The molecule has 47 heavy (non-hydrogen) atoms. The van der Waals surface area contributed by atoms with Gasteiger partial charge in [0.1, 0.15) is 0 Å². The molecule has 2 aromatic rings. The molecule has 2 aromatic carbocycles. The summed E-state index contributed by atoms with van der Waals surface area (Å²) in [6.45, 7) is 14.4. The van der Waals surface area contributed by atoms with Gasteiger partial charge < -0.3 is 8.85 Å². The fourth-order valence-corrected chi connectivity index (χ4v) is 11.6. The SMILES string of the molecule is CCO[Si](OCC)(c1c2ccccc(-c3ccc(Cl)cc3)c-2cc1C(C)C)c1c2ccccc(-c3ccc(Cl)cc3)c-2cc1C(C)C. The van der Waals surface area contributed by atoms with Gasteiger partial charge in [0.15, 0.2) is 0 Å². The van der Waals surface area contributed by atoms with Crippen molar-refractivity contribution in [2.24, 2.45) is 0 Å². The Morgan fingerprint density at radius 2 is 0.830 bits per heavy atom. The summed E-state index contributed by atoms with van der Waals surface area (Å²) < 4.78 is 14.4. The maximum atomic E-state index is 7.22. The van der Waals surface area contributed by atoms with Crippen LogP contribution in [0.1, 0.15) is 64.5 Å². The zero-order valence-corrected chi connectivity index (χ0v) is 30.5. The molecule has 5 heteroatoms. The van der Waals surface area contributed by atoms with Crippen LogP contribution in [0.3, 0.4) is 0 Å². The highest BCUT2D eigenvalue weighted by Gasteiger charge is 2.51.